The van der Waals surface area contributed by atoms with Crippen LogP contribution in [0.4, 0.5) is 0 Å². The van der Waals surface area contributed by atoms with Crippen LogP contribution >= 0.6 is 0 Å². The Hall–Kier alpha value is -3.00. The summed E-state index contributed by atoms with van der Waals surface area (Å²) in [6.45, 7) is 4.23. The predicted octanol–water partition coefficient (Wildman–Crippen LogP) is 2.61. The van der Waals surface area contributed by atoms with Gasteiger partial charge in [-0.2, -0.15) is 0 Å². The van der Waals surface area contributed by atoms with Gasteiger partial charge in [-0.1, -0.05) is 6.92 Å². The van der Waals surface area contributed by atoms with E-state index < -0.39 is 5.97 Å². The van der Waals surface area contributed by atoms with Gasteiger partial charge < -0.3 is 25.9 Å². The molecule has 8 heteroatoms. The Morgan fingerprint density at radius 3 is 2.00 bits per heavy atom. The summed E-state index contributed by atoms with van der Waals surface area (Å²) in [5, 5.41) is 19.0. The normalized spacial score (nSPS) is 10.2. The van der Waals surface area contributed by atoms with E-state index in [1.807, 2.05) is 6.92 Å². The Labute approximate surface area is 222 Å². The minimum absolute atomic E-state index is 0. The maximum absolute atomic E-state index is 11.6. The molecule has 0 saturated heterocycles. The van der Waals surface area contributed by atoms with Crippen molar-refractivity contribution in [3.05, 3.63) is 77.4 Å². The summed E-state index contributed by atoms with van der Waals surface area (Å²) in [5.74, 6) is 1.15. The molecule has 0 aliphatic heterocycles. The van der Waals surface area contributed by atoms with Crippen LogP contribution in [0.5, 0.6) is 28.7 Å². The van der Waals surface area contributed by atoms with Crippen LogP contribution < -0.4 is 43.8 Å². The number of carboxylic acids is 1. The average Bonchev–Trinajstić information content (AvgIpc) is 2.80. The molecule has 0 bridgehead atoms. The first kappa shape index (κ1) is 27.2. The average molecular weight is 474 g/mol. The molecule has 0 aromatic heterocycles. The number of carbonyl (C=O) groups is 2. The van der Waals surface area contributed by atoms with Crippen LogP contribution in [0.15, 0.2) is 60.7 Å². The second-order valence-corrected chi connectivity index (χ2v) is 7.34. The van der Waals surface area contributed by atoms with Gasteiger partial charge in [0.25, 0.3) is 0 Å². The Morgan fingerprint density at radius 2 is 1.44 bits per heavy atom. The minimum atomic E-state index is -0.983. The van der Waals surface area contributed by atoms with E-state index in [9.17, 15) is 14.7 Å². The van der Waals surface area contributed by atoms with Crippen molar-refractivity contribution in [3.8, 4) is 28.7 Å². The molecular formula is C26H27NaO7. The minimum Gasteiger partial charge on any atom is -1.00 e. The van der Waals surface area contributed by atoms with Crippen molar-refractivity contribution in [2.24, 2.45) is 0 Å². The number of phenolic OH excluding ortho intramolecular Hbond substituents is 1. The molecule has 0 heterocycles. The maximum Gasteiger partial charge on any atom is 1.00 e. The number of Topliss-reactive ketones (excluding diaryl/α,β-unsaturated/α-hetero) is 1. The third kappa shape index (κ3) is 7.52. The largest absolute Gasteiger partial charge is 1.00 e. The van der Waals surface area contributed by atoms with E-state index in [0.717, 1.165) is 5.56 Å². The summed E-state index contributed by atoms with van der Waals surface area (Å²) in [6.07, 6.45) is 1.32. The zero-order valence-electron chi connectivity index (χ0n) is 20.5. The third-order valence-corrected chi connectivity index (χ3v) is 4.91. The van der Waals surface area contributed by atoms with Gasteiger partial charge in [-0.15, -0.1) is 0 Å². The number of aromatic hydroxyl groups is 1. The van der Waals surface area contributed by atoms with Gasteiger partial charge in [-0.3, -0.25) is 4.79 Å². The molecule has 0 atom stereocenters. The van der Waals surface area contributed by atoms with Crippen LogP contribution in [0, 0.1) is 0 Å². The fourth-order valence-electron chi connectivity index (χ4n) is 3.14. The van der Waals surface area contributed by atoms with Crippen molar-refractivity contribution in [2.75, 3.05) is 13.2 Å². The smallest absolute Gasteiger partial charge is 1.00 e. The SMILES string of the molecule is CCc1cc(C(C)=O)c(O)cc1OCCCOc1ccc(Oc2ccc(C(=O)O)cc2)cc1.[H-].[Na+]. The summed E-state index contributed by atoms with van der Waals surface area (Å²) in [6, 6.07) is 16.5. The van der Waals surface area contributed by atoms with Crippen LogP contribution in [0.3, 0.4) is 0 Å². The molecule has 0 saturated carbocycles. The van der Waals surface area contributed by atoms with Gasteiger partial charge in [0, 0.05) is 12.5 Å². The molecule has 34 heavy (non-hydrogen) atoms. The fourth-order valence-corrected chi connectivity index (χ4v) is 3.14. The maximum atomic E-state index is 11.6. The summed E-state index contributed by atoms with van der Waals surface area (Å²) >= 11 is 0. The van der Waals surface area contributed by atoms with Gasteiger partial charge in [-0.25, -0.2) is 4.79 Å². The molecule has 3 aromatic rings. The standard InChI is InChI=1S/C26H26O7.Na.H/c1-3-18-15-23(17(2)27)24(28)16-25(18)32-14-4-13-31-20-9-11-22(12-10-20)33-21-7-5-19(6-8-21)26(29)30;;/h5-12,15-16,28H,3-4,13-14H2,1-2H3,(H,29,30);;/q;+1;-1. The number of aryl methyl sites for hydroxylation is 1. The van der Waals surface area contributed by atoms with E-state index in [4.69, 9.17) is 19.3 Å². The number of ketones is 1. The molecule has 0 aliphatic rings. The van der Waals surface area contributed by atoms with Crippen LogP contribution in [0.1, 0.15) is 48.0 Å². The van der Waals surface area contributed by atoms with Crippen molar-refractivity contribution in [1.29, 1.82) is 0 Å². The quantitative estimate of drug-likeness (QED) is 0.250. The van der Waals surface area contributed by atoms with E-state index in [-0.39, 0.29) is 48.1 Å². The zero-order chi connectivity index (χ0) is 23.8. The van der Waals surface area contributed by atoms with Crippen molar-refractivity contribution in [3.63, 3.8) is 0 Å². The number of aromatic carboxylic acids is 1. The number of rotatable bonds is 11. The van der Waals surface area contributed by atoms with Crippen molar-refractivity contribution in [2.45, 2.75) is 26.7 Å². The number of carbonyl (C=O) groups excluding carboxylic acids is 1. The number of hydrogen-bond acceptors (Lipinski definition) is 6. The van der Waals surface area contributed by atoms with Gasteiger partial charge >= 0.3 is 35.5 Å². The van der Waals surface area contributed by atoms with E-state index in [1.54, 1.807) is 42.5 Å². The Balaban J connectivity index is 0.00000306. The topological polar surface area (TPSA) is 102 Å². The second kappa shape index (κ2) is 13.0. The van der Waals surface area contributed by atoms with Gasteiger partial charge in [0.15, 0.2) is 5.78 Å². The number of phenols is 1. The Kier molecular flexibility index (Phi) is 10.4. The number of benzene rings is 3. The zero-order valence-corrected chi connectivity index (χ0v) is 21.5. The molecule has 7 nitrogen and oxygen atoms in total. The molecule has 174 valence electrons. The first-order valence-corrected chi connectivity index (χ1v) is 10.6. The fraction of sp³-hybridized carbons (Fsp3) is 0.231. The monoisotopic (exact) mass is 474 g/mol. The summed E-state index contributed by atoms with van der Waals surface area (Å²) in [7, 11) is 0. The van der Waals surface area contributed by atoms with Gasteiger partial charge in [0.05, 0.1) is 24.3 Å². The Bertz CT molecular complexity index is 1120. The molecule has 3 aromatic carbocycles. The number of carboxylic acid groups (broad SMARTS) is 1. The van der Waals surface area contributed by atoms with Crippen LogP contribution in [-0.2, 0) is 6.42 Å². The van der Waals surface area contributed by atoms with Crippen LogP contribution in [0.2, 0.25) is 0 Å². The van der Waals surface area contributed by atoms with Crippen molar-refractivity contribution in [1.82, 2.24) is 0 Å². The summed E-state index contributed by atoms with van der Waals surface area (Å²) in [4.78, 5) is 22.5. The van der Waals surface area contributed by atoms with Crippen LogP contribution in [-0.4, -0.2) is 35.2 Å². The van der Waals surface area contributed by atoms with Crippen molar-refractivity contribution >= 4 is 11.8 Å². The van der Waals surface area contributed by atoms with Gasteiger partial charge in [0.1, 0.15) is 28.7 Å². The molecule has 0 unspecified atom stereocenters. The summed E-state index contributed by atoms with van der Waals surface area (Å²) < 4.78 is 17.2. The first-order chi connectivity index (χ1) is 15.9. The predicted molar refractivity (Wildman–Crippen MR) is 124 cm³/mol. The number of hydrogen-bond donors (Lipinski definition) is 2. The third-order valence-electron chi connectivity index (χ3n) is 4.91. The molecule has 3 rings (SSSR count). The van der Waals surface area contributed by atoms with Gasteiger partial charge in [0.2, 0.25) is 0 Å². The second-order valence-electron chi connectivity index (χ2n) is 7.34. The molecule has 2 N–H and O–H groups in total. The number of ether oxygens (including phenoxy) is 3. The molecule has 0 radical (unpaired) electrons. The molecule has 0 amide bonds. The van der Waals surface area contributed by atoms with Gasteiger partial charge in [-0.05, 0) is 73.5 Å². The van der Waals surface area contributed by atoms with Crippen molar-refractivity contribution < 1.29 is 65.0 Å². The first-order valence-electron chi connectivity index (χ1n) is 10.6. The van der Waals surface area contributed by atoms with E-state index >= 15 is 0 Å². The van der Waals surface area contributed by atoms with E-state index in [0.29, 0.717) is 54.6 Å². The molecule has 0 fully saturated rings. The summed E-state index contributed by atoms with van der Waals surface area (Å²) in [5.41, 5.74) is 1.37. The molecule has 0 spiro atoms. The Morgan fingerprint density at radius 1 is 0.882 bits per heavy atom. The van der Waals surface area contributed by atoms with E-state index in [1.165, 1.54) is 25.1 Å². The molecule has 0 aliphatic carbocycles. The molecular weight excluding hydrogens is 447 g/mol. The van der Waals surface area contributed by atoms with Crippen LogP contribution in [0.25, 0.3) is 0 Å². The van der Waals surface area contributed by atoms with E-state index in [2.05, 4.69) is 0 Å².